The number of pyridine rings is 1. The number of aryl methyl sites for hydroxylation is 1. The van der Waals surface area contributed by atoms with E-state index in [0.717, 1.165) is 13.0 Å². The molecular formula is C18H22N2. The van der Waals surface area contributed by atoms with E-state index in [1.807, 2.05) is 12.3 Å². The summed E-state index contributed by atoms with van der Waals surface area (Å²) in [6.07, 6.45) is 5.36. The molecule has 1 aromatic carbocycles. The van der Waals surface area contributed by atoms with E-state index in [9.17, 15) is 0 Å². The summed E-state index contributed by atoms with van der Waals surface area (Å²) in [5.74, 6) is 0.619. The quantitative estimate of drug-likeness (QED) is 0.898. The highest BCUT2D eigenvalue weighted by atomic mass is 14.9. The van der Waals surface area contributed by atoms with Gasteiger partial charge in [0.2, 0.25) is 0 Å². The largest absolute Gasteiger partial charge is 0.313 e. The molecule has 20 heavy (non-hydrogen) atoms. The molecule has 1 heterocycles. The first-order chi connectivity index (χ1) is 9.88. The molecule has 0 bridgehead atoms. The average Bonchev–Trinajstić information content (AvgIpc) is 2.92. The maximum absolute atomic E-state index is 4.49. The summed E-state index contributed by atoms with van der Waals surface area (Å²) in [4.78, 5) is 4.49. The molecule has 0 radical (unpaired) electrons. The highest BCUT2D eigenvalue weighted by molar-refractivity contribution is 5.36. The summed E-state index contributed by atoms with van der Waals surface area (Å²) in [5, 5.41) is 3.67. The van der Waals surface area contributed by atoms with Gasteiger partial charge in [-0.1, -0.05) is 37.3 Å². The molecule has 2 unspecified atom stereocenters. The maximum atomic E-state index is 4.49. The van der Waals surface area contributed by atoms with Crippen molar-refractivity contribution >= 4 is 0 Å². The number of hydrogen-bond acceptors (Lipinski definition) is 2. The fourth-order valence-electron chi connectivity index (χ4n) is 3.37. The van der Waals surface area contributed by atoms with Crippen LogP contribution in [-0.2, 0) is 12.8 Å². The summed E-state index contributed by atoms with van der Waals surface area (Å²) in [7, 11) is 0. The van der Waals surface area contributed by atoms with Crippen LogP contribution in [0, 0.1) is 0 Å². The number of fused-ring (bicyclic) bond motifs is 1. The van der Waals surface area contributed by atoms with Gasteiger partial charge in [-0.2, -0.15) is 0 Å². The lowest BCUT2D eigenvalue weighted by molar-refractivity contribution is 0.432. The molecule has 3 rings (SSSR count). The lowest BCUT2D eigenvalue weighted by Crippen LogP contribution is -2.36. The van der Waals surface area contributed by atoms with E-state index in [-0.39, 0.29) is 0 Å². The fourth-order valence-corrected chi connectivity index (χ4v) is 3.37. The Bertz CT molecular complexity index is 550. The normalized spacial score (nSPS) is 18.8. The Morgan fingerprint density at radius 2 is 2.05 bits per heavy atom. The molecule has 0 saturated carbocycles. The van der Waals surface area contributed by atoms with Gasteiger partial charge in [0.25, 0.3) is 0 Å². The predicted octanol–water partition coefficient (Wildman–Crippen LogP) is 3.33. The molecular weight excluding hydrogens is 244 g/mol. The molecule has 0 saturated heterocycles. The summed E-state index contributed by atoms with van der Waals surface area (Å²) in [6, 6.07) is 15.6. The summed E-state index contributed by atoms with van der Waals surface area (Å²) >= 11 is 0. The topological polar surface area (TPSA) is 24.9 Å². The Kier molecular flexibility index (Phi) is 4.12. The lowest BCUT2D eigenvalue weighted by Gasteiger charge is -2.25. The monoisotopic (exact) mass is 266 g/mol. The molecule has 2 aromatic rings. The second kappa shape index (κ2) is 6.19. The van der Waals surface area contributed by atoms with Crippen molar-refractivity contribution in [3.8, 4) is 0 Å². The van der Waals surface area contributed by atoms with Gasteiger partial charge in [0.05, 0.1) is 0 Å². The van der Waals surface area contributed by atoms with Crippen molar-refractivity contribution in [3.63, 3.8) is 0 Å². The smallest absolute Gasteiger partial charge is 0.0419 e. The van der Waals surface area contributed by atoms with Gasteiger partial charge in [0.1, 0.15) is 0 Å². The number of rotatable bonds is 5. The minimum Gasteiger partial charge on any atom is -0.313 e. The zero-order valence-electron chi connectivity index (χ0n) is 12.0. The zero-order chi connectivity index (χ0) is 13.8. The third kappa shape index (κ3) is 2.75. The molecule has 0 aliphatic heterocycles. The van der Waals surface area contributed by atoms with Crippen LogP contribution in [0.1, 0.15) is 36.1 Å². The van der Waals surface area contributed by atoms with Gasteiger partial charge in [0.15, 0.2) is 0 Å². The van der Waals surface area contributed by atoms with Gasteiger partial charge >= 0.3 is 0 Å². The standard InChI is InChI=1S/C18H22N2/c1-2-19-18(13-15-8-5-6-12-20-15)17-11-10-14-7-3-4-9-16(14)17/h3-9,12,17-19H,2,10-11,13H2,1H3. The molecule has 1 aliphatic carbocycles. The minimum absolute atomic E-state index is 0.485. The molecule has 104 valence electrons. The van der Waals surface area contributed by atoms with E-state index < -0.39 is 0 Å². The SMILES string of the molecule is CCNC(Cc1ccccn1)C1CCc2ccccc21. The van der Waals surface area contributed by atoms with Crippen LogP contribution in [0.4, 0.5) is 0 Å². The second-order valence-corrected chi connectivity index (χ2v) is 5.53. The number of hydrogen-bond donors (Lipinski definition) is 1. The molecule has 2 atom stereocenters. The number of aromatic nitrogens is 1. The zero-order valence-corrected chi connectivity index (χ0v) is 12.0. The van der Waals surface area contributed by atoms with E-state index in [1.165, 1.54) is 29.7 Å². The lowest BCUT2D eigenvalue weighted by atomic mass is 9.90. The Hall–Kier alpha value is -1.67. The first-order valence-electron chi connectivity index (χ1n) is 7.59. The maximum Gasteiger partial charge on any atom is 0.0419 e. The van der Waals surface area contributed by atoms with E-state index >= 15 is 0 Å². The summed E-state index contributed by atoms with van der Waals surface area (Å²) in [5.41, 5.74) is 4.25. The van der Waals surface area contributed by atoms with Crippen molar-refractivity contribution in [2.75, 3.05) is 6.54 Å². The number of likely N-dealkylation sites (N-methyl/N-ethyl adjacent to an activating group) is 1. The van der Waals surface area contributed by atoms with Crippen LogP contribution in [0.15, 0.2) is 48.7 Å². The summed E-state index contributed by atoms with van der Waals surface area (Å²) in [6.45, 7) is 3.20. The van der Waals surface area contributed by atoms with Gasteiger partial charge < -0.3 is 5.32 Å². The average molecular weight is 266 g/mol. The first-order valence-corrected chi connectivity index (χ1v) is 7.59. The van der Waals surface area contributed by atoms with E-state index in [1.54, 1.807) is 0 Å². The van der Waals surface area contributed by atoms with Crippen LogP contribution in [0.2, 0.25) is 0 Å². The third-order valence-corrected chi connectivity index (χ3v) is 4.29. The highest BCUT2D eigenvalue weighted by Crippen LogP contribution is 2.36. The van der Waals surface area contributed by atoms with Crippen LogP contribution >= 0.6 is 0 Å². The Labute approximate surface area is 121 Å². The number of benzene rings is 1. The molecule has 1 aromatic heterocycles. The number of nitrogens with zero attached hydrogens (tertiary/aromatic N) is 1. The van der Waals surface area contributed by atoms with Gasteiger partial charge in [-0.15, -0.1) is 0 Å². The van der Waals surface area contributed by atoms with Gasteiger partial charge in [-0.3, -0.25) is 4.98 Å². The van der Waals surface area contributed by atoms with Crippen molar-refractivity contribution in [2.24, 2.45) is 0 Å². The first kappa shape index (κ1) is 13.3. The second-order valence-electron chi connectivity index (χ2n) is 5.53. The van der Waals surface area contributed by atoms with Crippen molar-refractivity contribution in [2.45, 2.75) is 38.1 Å². The molecule has 0 spiro atoms. The van der Waals surface area contributed by atoms with Crippen LogP contribution in [0.3, 0.4) is 0 Å². The molecule has 2 heteroatoms. The van der Waals surface area contributed by atoms with E-state index in [2.05, 4.69) is 53.6 Å². The predicted molar refractivity (Wildman–Crippen MR) is 82.9 cm³/mol. The van der Waals surface area contributed by atoms with Crippen LogP contribution in [0.25, 0.3) is 0 Å². The molecule has 1 N–H and O–H groups in total. The molecule has 1 aliphatic rings. The molecule has 2 nitrogen and oxygen atoms in total. The Balaban J connectivity index is 1.81. The van der Waals surface area contributed by atoms with Crippen LogP contribution in [-0.4, -0.2) is 17.6 Å². The van der Waals surface area contributed by atoms with Gasteiger partial charge in [-0.25, -0.2) is 0 Å². The highest BCUT2D eigenvalue weighted by Gasteiger charge is 2.29. The van der Waals surface area contributed by atoms with E-state index in [4.69, 9.17) is 0 Å². The Morgan fingerprint density at radius 3 is 2.85 bits per heavy atom. The minimum atomic E-state index is 0.485. The van der Waals surface area contributed by atoms with Crippen molar-refractivity contribution in [3.05, 3.63) is 65.5 Å². The van der Waals surface area contributed by atoms with Crippen molar-refractivity contribution in [1.82, 2.24) is 10.3 Å². The van der Waals surface area contributed by atoms with E-state index in [0.29, 0.717) is 12.0 Å². The van der Waals surface area contributed by atoms with Gasteiger partial charge in [-0.05, 0) is 42.6 Å². The van der Waals surface area contributed by atoms with Crippen LogP contribution in [0.5, 0.6) is 0 Å². The third-order valence-electron chi connectivity index (χ3n) is 4.29. The van der Waals surface area contributed by atoms with Crippen molar-refractivity contribution < 1.29 is 0 Å². The van der Waals surface area contributed by atoms with Gasteiger partial charge in [0, 0.05) is 30.3 Å². The molecule has 0 fully saturated rings. The fraction of sp³-hybridized carbons (Fsp3) is 0.389. The summed E-state index contributed by atoms with van der Waals surface area (Å²) < 4.78 is 0. The Morgan fingerprint density at radius 1 is 1.20 bits per heavy atom. The molecule has 0 amide bonds. The van der Waals surface area contributed by atoms with Crippen molar-refractivity contribution in [1.29, 1.82) is 0 Å². The van der Waals surface area contributed by atoms with Crippen LogP contribution < -0.4 is 5.32 Å². The number of nitrogens with one attached hydrogen (secondary N) is 1.